The van der Waals surface area contributed by atoms with Gasteiger partial charge in [-0.1, -0.05) is 40.5 Å². The van der Waals surface area contributed by atoms with Crippen molar-refractivity contribution >= 4 is 11.9 Å². The van der Waals surface area contributed by atoms with Crippen LogP contribution in [0.3, 0.4) is 0 Å². The van der Waals surface area contributed by atoms with Gasteiger partial charge in [0.2, 0.25) is 0 Å². The zero-order chi connectivity index (χ0) is 16.1. The molecule has 1 N–H and O–H groups in total. The van der Waals surface area contributed by atoms with Crippen molar-refractivity contribution in [1.82, 2.24) is 0 Å². The third kappa shape index (κ3) is 19.3. The van der Waals surface area contributed by atoms with Crippen molar-refractivity contribution in [3.05, 3.63) is 0 Å². The second kappa shape index (κ2) is 12.9. The first-order valence-electron chi connectivity index (χ1n) is 7.57. The van der Waals surface area contributed by atoms with E-state index in [-0.39, 0.29) is 12.1 Å². The summed E-state index contributed by atoms with van der Waals surface area (Å²) in [6.45, 7) is 11.7. The van der Waals surface area contributed by atoms with Crippen molar-refractivity contribution in [3.8, 4) is 0 Å². The summed E-state index contributed by atoms with van der Waals surface area (Å²) in [4.78, 5) is 20.6. The molecule has 0 heterocycles. The number of rotatable bonds is 8. The molecular weight excluding hydrogens is 256 g/mol. The fraction of sp³-hybridized carbons (Fsp3) is 0.875. The van der Waals surface area contributed by atoms with Crippen molar-refractivity contribution in [2.45, 2.75) is 79.8 Å². The van der Waals surface area contributed by atoms with Crippen LogP contribution in [0.4, 0.5) is 0 Å². The summed E-state index contributed by atoms with van der Waals surface area (Å²) in [5.41, 5.74) is 0. The highest BCUT2D eigenvalue weighted by Gasteiger charge is 2.08. The van der Waals surface area contributed by atoms with E-state index in [1.54, 1.807) is 0 Å². The number of hydrogen-bond donors (Lipinski definition) is 1. The first kappa shape index (κ1) is 21.2. The number of hydrogen-bond acceptors (Lipinski definition) is 3. The molecule has 0 aliphatic rings. The van der Waals surface area contributed by atoms with Gasteiger partial charge in [-0.15, -0.1) is 0 Å². The van der Waals surface area contributed by atoms with E-state index in [1.807, 2.05) is 13.8 Å². The molecule has 2 unspecified atom stereocenters. The predicted octanol–water partition coefficient (Wildman–Crippen LogP) is 4.27. The Morgan fingerprint density at radius 1 is 1.15 bits per heavy atom. The molecule has 0 aliphatic heterocycles. The molecule has 20 heavy (non-hydrogen) atoms. The minimum absolute atomic E-state index is 0.0949. The van der Waals surface area contributed by atoms with E-state index < -0.39 is 5.97 Å². The third-order valence-electron chi connectivity index (χ3n) is 2.73. The first-order chi connectivity index (χ1) is 9.18. The Bertz CT molecular complexity index is 261. The quantitative estimate of drug-likeness (QED) is 0.677. The molecule has 0 aromatic rings. The molecule has 2 atom stereocenters. The first-order valence-corrected chi connectivity index (χ1v) is 7.57. The highest BCUT2D eigenvalue weighted by Crippen LogP contribution is 2.13. The molecule has 0 aromatic carbocycles. The molecule has 0 bridgehead atoms. The summed E-state index contributed by atoms with van der Waals surface area (Å²) in [5.74, 6) is 0.0589. The van der Waals surface area contributed by atoms with E-state index >= 15 is 0 Å². The van der Waals surface area contributed by atoms with Gasteiger partial charge in [0.15, 0.2) is 0 Å². The number of carboxylic acids is 1. The van der Waals surface area contributed by atoms with Crippen LogP contribution in [-0.2, 0) is 14.3 Å². The average Bonchev–Trinajstić information content (AvgIpc) is 2.23. The zero-order valence-corrected chi connectivity index (χ0v) is 13.9. The molecule has 0 amide bonds. The second-order valence-corrected chi connectivity index (χ2v) is 5.89. The highest BCUT2D eigenvalue weighted by molar-refractivity contribution is 5.67. The minimum Gasteiger partial charge on any atom is -0.481 e. The molecular formula is C16H32O4. The lowest BCUT2D eigenvalue weighted by atomic mass is 9.96. The smallest absolute Gasteiger partial charge is 0.303 e. The average molecular weight is 288 g/mol. The van der Waals surface area contributed by atoms with Gasteiger partial charge in [-0.3, -0.25) is 9.59 Å². The molecule has 0 radical (unpaired) electrons. The van der Waals surface area contributed by atoms with Gasteiger partial charge in [-0.05, 0) is 31.6 Å². The number of esters is 1. The van der Waals surface area contributed by atoms with Gasteiger partial charge in [-0.2, -0.15) is 0 Å². The second-order valence-electron chi connectivity index (χ2n) is 5.89. The molecule has 0 saturated heterocycles. The summed E-state index contributed by atoms with van der Waals surface area (Å²) in [7, 11) is 0. The van der Waals surface area contributed by atoms with Crippen LogP contribution in [0, 0.1) is 11.8 Å². The van der Waals surface area contributed by atoms with Crippen LogP contribution in [-0.4, -0.2) is 23.1 Å². The maximum absolute atomic E-state index is 10.4. The number of aliphatic carboxylic acids is 1. The topological polar surface area (TPSA) is 63.6 Å². The van der Waals surface area contributed by atoms with Gasteiger partial charge in [0.1, 0.15) is 0 Å². The van der Waals surface area contributed by atoms with Crippen molar-refractivity contribution in [2.75, 3.05) is 0 Å². The largest absolute Gasteiger partial charge is 0.481 e. The third-order valence-corrected chi connectivity index (χ3v) is 2.73. The maximum atomic E-state index is 10.4. The monoisotopic (exact) mass is 288 g/mol. The Morgan fingerprint density at radius 2 is 1.70 bits per heavy atom. The van der Waals surface area contributed by atoms with Gasteiger partial charge in [0.05, 0.1) is 6.10 Å². The molecule has 120 valence electrons. The van der Waals surface area contributed by atoms with Gasteiger partial charge in [0.25, 0.3) is 0 Å². The molecule has 0 aromatic heterocycles. The fourth-order valence-corrected chi connectivity index (χ4v) is 2.02. The van der Waals surface area contributed by atoms with Crippen LogP contribution in [0.2, 0.25) is 0 Å². The molecule has 0 aliphatic carbocycles. The molecule has 4 nitrogen and oxygen atoms in total. The van der Waals surface area contributed by atoms with Crippen LogP contribution in [0.5, 0.6) is 0 Å². The standard InChI is InChI=1S/2C8H16O2/c1-6(2)4-7(3)5-8(9)10;1-4-5-6-7(2)10-8(3)9/h6-7H,4-5H2,1-3H3,(H,9,10);7H,4-6H2,1-3H3. The number of carbonyl (C=O) groups excluding carboxylic acids is 1. The van der Waals surface area contributed by atoms with Gasteiger partial charge >= 0.3 is 11.9 Å². The number of carbonyl (C=O) groups is 2. The van der Waals surface area contributed by atoms with Crippen LogP contribution >= 0.6 is 0 Å². The van der Waals surface area contributed by atoms with Crippen molar-refractivity contribution in [3.63, 3.8) is 0 Å². The maximum Gasteiger partial charge on any atom is 0.303 e. The molecule has 0 spiro atoms. The Balaban J connectivity index is 0. The Morgan fingerprint density at radius 3 is 2.05 bits per heavy atom. The lowest BCUT2D eigenvalue weighted by Crippen LogP contribution is -2.11. The van der Waals surface area contributed by atoms with Gasteiger partial charge in [0, 0.05) is 13.3 Å². The van der Waals surface area contributed by atoms with Crippen LogP contribution in [0.15, 0.2) is 0 Å². The normalized spacial score (nSPS) is 13.2. The van der Waals surface area contributed by atoms with E-state index in [9.17, 15) is 9.59 Å². The van der Waals surface area contributed by atoms with Crippen LogP contribution < -0.4 is 0 Å². The van der Waals surface area contributed by atoms with E-state index in [0.717, 1.165) is 25.7 Å². The summed E-state index contributed by atoms with van der Waals surface area (Å²) < 4.78 is 4.91. The summed E-state index contributed by atoms with van der Waals surface area (Å²) in [6.07, 6.45) is 4.68. The Hall–Kier alpha value is -1.06. The highest BCUT2D eigenvalue weighted by atomic mass is 16.5. The number of unbranched alkanes of at least 4 members (excludes halogenated alkanes) is 1. The van der Waals surface area contributed by atoms with Crippen molar-refractivity contribution in [2.24, 2.45) is 11.8 Å². The van der Waals surface area contributed by atoms with Crippen LogP contribution in [0.25, 0.3) is 0 Å². The summed E-state index contributed by atoms with van der Waals surface area (Å²) in [6, 6.07) is 0. The lowest BCUT2D eigenvalue weighted by Gasteiger charge is -2.10. The Labute approximate surface area is 123 Å². The summed E-state index contributed by atoms with van der Waals surface area (Å²) in [5, 5.41) is 8.40. The van der Waals surface area contributed by atoms with E-state index in [4.69, 9.17) is 9.84 Å². The van der Waals surface area contributed by atoms with E-state index in [0.29, 0.717) is 18.3 Å². The fourth-order valence-electron chi connectivity index (χ4n) is 2.02. The van der Waals surface area contributed by atoms with Gasteiger partial charge in [-0.25, -0.2) is 0 Å². The summed E-state index contributed by atoms with van der Waals surface area (Å²) >= 11 is 0. The lowest BCUT2D eigenvalue weighted by molar-refractivity contribution is -0.145. The van der Waals surface area contributed by atoms with E-state index in [1.165, 1.54) is 6.92 Å². The SMILES string of the molecule is CC(C)CC(C)CC(=O)O.CCCCC(C)OC(C)=O. The zero-order valence-electron chi connectivity index (χ0n) is 13.9. The molecule has 0 rings (SSSR count). The molecule has 0 saturated carbocycles. The van der Waals surface area contributed by atoms with Crippen molar-refractivity contribution in [1.29, 1.82) is 0 Å². The Kier molecular flexibility index (Phi) is 13.8. The molecule has 0 fully saturated rings. The van der Waals surface area contributed by atoms with Crippen LogP contribution in [0.1, 0.15) is 73.6 Å². The number of ether oxygens (including phenoxy) is 1. The minimum atomic E-state index is -0.687. The van der Waals surface area contributed by atoms with Gasteiger partial charge < -0.3 is 9.84 Å². The number of carboxylic acid groups (broad SMARTS) is 1. The van der Waals surface area contributed by atoms with E-state index in [2.05, 4.69) is 20.8 Å². The molecule has 4 heteroatoms. The predicted molar refractivity (Wildman–Crippen MR) is 81.6 cm³/mol. The van der Waals surface area contributed by atoms with Crippen molar-refractivity contribution < 1.29 is 19.4 Å².